The van der Waals surface area contributed by atoms with Gasteiger partial charge in [-0.15, -0.1) is 0 Å². The second-order valence-corrected chi connectivity index (χ2v) is 6.07. The molecule has 0 fully saturated rings. The fraction of sp³-hybridized carbons (Fsp3) is 0.316. The molecular formula is C19H19F5N2. The zero-order chi connectivity index (χ0) is 19.5. The molecule has 0 unspecified atom stereocenters. The molecule has 0 atom stereocenters. The van der Waals surface area contributed by atoms with Crippen LogP contribution in [-0.2, 0) is 12.6 Å². The van der Waals surface area contributed by atoms with Crippen molar-refractivity contribution in [2.24, 2.45) is 4.99 Å². The van der Waals surface area contributed by atoms with Crippen molar-refractivity contribution in [3.05, 3.63) is 64.2 Å². The van der Waals surface area contributed by atoms with Crippen molar-refractivity contribution in [3.63, 3.8) is 0 Å². The van der Waals surface area contributed by atoms with E-state index in [1.165, 1.54) is 18.5 Å². The number of nitrogens with zero attached hydrogens (tertiary/aromatic N) is 2. The van der Waals surface area contributed by atoms with E-state index in [0.717, 1.165) is 12.1 Å². The van der Waals surface area contributed by atoms with E-state index in [1.54, 1.807) is 18.9 Å². The predicted octanol–water partition coefficient (Wildman–Crippen LogP) is 5.49. The molecule has 0 saturated heterocycles. The van der Waals surface area contributed by atoms with E-state index in [4.69, 9.17) is 0 Å². The fourth-order valence-corrected chi connectivity index (χ4v) is 2.38. The lowest BCUT2D eigenvalue weighted by atomic mass is 9.98. The first-order valence-corrected chi connectivity index (χ1v) is 8.00. The topological polar surface area (TPSA) is 15.6 Å². The summed E-state index contributed by atoms with van der Waals surface area (Å²) in [6.45, 7) is 4.34. The quantitative estimate of drug-likeness (QED) is 0.386. The highest BCUT2D eigenvalue weighted by atomic mass is 19.4. The molecule has 2 rings (SSSR count). The average molecular weight is 370 g/mol. The van der Waals surface area contributed by atoms with Crippen LogP contribution in [-0.4, -0.2) is 24.8 Å². The van der Waals surface area contributed by atoms with Crippen LogP contribution in [0, 0.1) is 18.6 Å². The summed E-state index contributed by atoms with van der Waals surface area (Å²) in [6.07, 6.45) is -3.15. The monoisotopic (exact) mass is 370 g/mol. The molecule has 2 nitrogen and oxygen atoms in total. The van der Waals surface area contributed by atoms with Gasteiger partial charge in [-0.25, -0.2) is 13.8 Å². The van der Waals surface area contributed by atoms with Gasteiger partial charge in [0.2, 0.25) is 0 Å². The van der Waals surface area contributed by atoms with Crippen LogP contribution in [0.1, 0.15) is 29.2 Å². The summed E-state index contributed by atoms with van der Waals surface area (Å²) in [7, 11) is 1.80. The molecule has 0 aliphatic rings. The zero-order valence-corrected chi connectivity index (χ0v) is 14.7. The molecule has 0 amide bonds. The first-order valence-electron chi connectivity index (χ1n) is 8.00. The zero-order valence-electron chi connectivity index (χ0n) is 14.7. The maximum atomic E-state index is 14.2. The summed E-state index contributed by atoms with van der Waals surface area (Å²) >= 11 is 0. The summed E-state index contributed by atoms with van der Waals surface area (Å²) in [4.78, 5) is 5.84. The number of rotatable bonds is 5. The van der Waals surface area contributed by atoms with Crippen molar-refractivity contribution in [2.45, 2.75) is 26.4 Å². The van der Waals surface area contributed by atoms with E-state index < -0.39 is 23.4 Å². The molecule has 26 heavy (non-hydrogen) atoms. The van der Waals surface area contributed by atoms with Crippen LogP contribution in [0.2, 0.25) is 0 Å². The van der Waals surface area contributed by atoms with E-state index >= 15 is 0 Å². The third-order valence-corrected chi connectivity index (χ3v) is 3.98. The molecule has 0 spiro atoms. The van der Waals surface area contributed by atoms with Crippen molar-refractivity contribution >= 4 is 12.0 Å². The van der Waals surface area contributed by atoms with Crippen LogP contribution in [0.4, 0.5) is 27.6 Å². The second-order valence-electron chi connectivity index (χ2n) is 6.07. The summed E-state index contributed by atoms with van der Waals surface area (Å²) in [5, 5.41) is 0. The minimum Gasteiger partial charge on any atom is -0.366 e. The number of aryl methyl sites for hydroxylation is 1. The van der Waals surface area contributed by atoms with Gasteiger partial charge in [0.05, 0.1) is 11.9 Å². The maximum absolute atomic E-state index is 14.2. The molecule has 2 aromatic carbocycles. The summed E-state index contributed by atoms with van der Waals surface area (Å²) < 4.78 is 66.2. The van der Waals surface area contributed by atoms with Crippen LogP contribution in [0.15, 0.2) is 35.3 Å². The molecule has 2 aromatic rings. The van der Waals surface area contributed by atoms with Gasteiger partial charge in [0.1, 0.15) is 17.3 Å². The van der Waals surface area contributed by atoms with Gasteiger partial charge < -0.3 is 4.90 Å². The number of hydrogen-bond acceptors (Lipinski definition) is 1. The number of alkyl halides is 3. The third kappa shape index (κ3) is 5.03. The van der Waals surface area contributed by atoms with Gasteiger partial charge in [0, 0.05) is 13.6 Å². The Bertz CT molecular complexity index is 812. The number of hydrogen-bond donors (Lipinski definition) is 0. The van der Waals surface area contributed by atoms with Gasteiger partial charge in [0.25, 0.3) is 0 Å². The number of halogens is 5. The molecule has 0 heterocycles. The Balaban J connectivity index is 2.32. The molecule has 140 valence electrons. The Morgan fingerprint density at radius 3 is 2.38 bits per heavy atom. The average Bonchev–Trinajstić information content (AvgIpc) is 2.55. The minimum absolute atomic E-state index is 0.0115. The van der Waals surface area contributed by atoms with Crippen LogP contribution in [0.5, 0.6) is 0 Å². The summed E-state index contributed by atoms with van der Waals surface area (Å²) in [5.74, 6) is -1.56. The van der Waals surface area contributed by atoms with Gasteiger partial charge >= 0.3 is 6.18 Å². The molecule has 7 heteroatoms. The van der Waals surface area contributed by atoms with Crippen LogP contribution in [0.3, 0.4) is 0 Å². The molecular weight excluding hydrogens is 351 g/mol. The first-order chi connectivity index (χ1) is 12.1. The van der Waals surface area contributed by atoms with Gasteiger partial charge in [-0.3, -0.25) is 0 Å². The van der Waals surface area contributed by atoms with Crippen molar-refractivity contribution in [1.82, 2.24) is 4.90 Å². The number of aliphatic imine (C=N–C) groups is 1. The van der Waals surface area contributed by atoms with Crippen molar-refractivity contribution in [3.8, 4) is 0 Å². The lowest BCUT2D eigenvalue weighted by Gasteiger charge is -2.12. The lowest BCUT2D eigenvalue weighted by Crippen LogP contribution is -2.14. The molecule has 0 N–H and O–H groups in total. The molecule has 0 aromatic heterocycles. The lowest BCUT2D eigenvalue weighted by molar-refractivity contribution is -0.137. The summed E-state index contributed by atoms with van der Waals surface area (Å²) in [6, 6.07) is 5.09. The Hall–Kier alpha value is -2.44. The minimum atomic E-state index is -4.64. The highest BCUT2D eigenvalue weighted by Gasteiger charge is 2.31. The van der Waals surface area contributed by atoms with Crippen LogP contribution >= 0.6 is 0 Å². The maximum Gasteiger partial charge on any atom is 0.416 e. The molecule has 0 saturated carbocycles. The molecule has 0 aliphatic carbocycles. The normalized spacial score (nSPS) is 12.0. The molecule has 0 aliphatic heterocycles. The molecule has 0 radical (unpaired) electrons. The predicted molar refractivity (Wildman–Crippen MR) is 91.8 cm³/mol. The van der Waals surface area contributed by atoms with Crippen LogP contribution in [0.25, 0.3) is 0 Å². The third-order valence-electron chi connectivity index (χ3n) is 3.98. The smallest absolute Gasteiger partial charge is 0.366 e. The van der Waals surface area contributed by atoms with Crippen LogP contribution < -0.4 is 0 Å². The van der Waals surface area contributed by atoms with Crippen molar-refractivity contribution < 1.29 is 22.0 Å². The summed E-state index contributed by atoms with van der Waals surface area (Å²) in [5.41, 5.74) is 0.345. The van der Waals surface area contributed by atoms with Crippen molar-refractivity contribution in [1.29, 1.82) is 0 Å². The number of benzene rings is 2. The van der Waals surface area contributed by atoms with E-state index in [2.05, 4.69) is 4.99 Å². The van der Waals surface area contributed by atoms with E-state index in [-0.39, 0.29) is 17.7 Å². The Kier molecular flexibility index (Phi) is 6.00. The highest BCUT2D eigenvalue weighted by Crippen LogP contribution is 2.31. The van der Waals surface area contributed by atoms with Gasteiger partial charge in [-0.05, 0) is 67.3 Å². The van der Waals surface area contributed by atoms with E-state index in [9.17, 15) is 22.0 Å². The standard InChI is InChI=1S/C19H19F5N2/c1-4-26(3)11-25-18-5-12(2)14(9-17(18)21)6-13-7-15(19(22,23)24)10-16(20)8-13/h5,7-11H,4,6H2,1-3H3/b25-11+. The van der Waals surface area contributed by atoms with Gasteiger partial charge in [-0.1, -0.05) is 0 Å². The first kappa shape index (κ1) is 19.9. The fourth-order valence-electron chi connectivity index (χ4n) is 2.38. The van der Waals surface area contributed by atoms with Crippen molar-refractivity contribution in [2.75, 3.05) is 13.6 Å². The Morgan fingerprint density at radius 1 is 1.08 bits per heavy atom. The van der Waals surface area contributed by atoms with E-state index in [1.807, 2.05) is 6.92 Å². The molecule has 0 bridgehead atoms. The largest absolute Gasteiger partial charge is 0.416 e. The Morgan fingerprint density at radius 2 is 1.77 bits per heavy atom. The van der Waals surface area contributed by atoms with E-state index in [0.29, 0.717) is 23.7 Å². The van der Waals surface area contributed by atoms with Gasteiger partial charge in [-0.2, -0.15) is 13.2 Å². The Labute approximate surface area is 149 Å². The second kappa shape index (κ2) is 7.85. The highest BCUT2D eigenvalue weighted by molar-refractivity contribution is 5.62. The van der Waals surface area contributed by atoms with Gasteiger partial charge in [0.15, 0.2) is 0 Å². The SMILES string of the molecule is CCN(C)/C=N/c1cc(C)c(Cc2cc(F)cc(C(F)(F)F)c2)cc1F.